The lowest BCUT2D eigenvalue weighted by atomic mass is 10.1. The molecule has 3 heteroatoms. The molecular weight excluding hydrogens is 254 g/mol. The van der Waals surface area contributed by atoms with E-state index in [-0.39, 0.29) is 0 Å². The van der Waals surface area contributed by atoms with Crippen molar-refractivity contribution < 1.29 is 4.79 Å². The van der Waals surface area contributed by atoms with E-state index in [2.05, 4.69) is 35.1 Å². The van der Waals surface area contributed by atoms with Gasteiger partial charge in [0.05, 0.1) is 0 Å². The van der Waals surface area contributed by atoms with Gasteiger partial charge in [-0.05, 0) is 37.5 Å². The molecule has 0 saturated heterocycles. The average Bonchev–Trinajstić information content (AvgIpc) is 2.72. The molecule has 0 spiro atoms. The molecule has 0 aromatic carbocycles. The number of rotatable bonds is 4. The molecule has 2 rings (SSSR count). The van der Waals surface area contributed by atoms with Crippen LogP contribution < -0.4 is 5.32 Å². The monoisotopic (exact) mass is 273 g/mol. The van der Waals surface area contributed by atoms with Crippen molar-refractivity contribution in [1.29, 1.82) is 0 Å². The molecule has 4 unspecified atom stereocenters. The molecule has 0 bridgehead atoms. The normalized spacial score (nSPS) is 36.9. The Kier molecular flexibility index (Phi) is 3.39. The highest BCUT2D eigenvalue weighted by molar-refractivity contribution is 9.09. The van der Waals surface area contributed by atoms with E-state index in [4.69, 9.17) is 0 Å². The predicted molar refractivity (Wildman–Crippen MR) is 64.9 cm³/mol. The van der Waals surface area contributed by atoms with Crippen molar-refractivity contribution >= 4 is 21.8 Å². The van der Waals surface area contributed by atoms with Gasteiger partial charge in [-0.1, -0.05) is 29.3 Å². The predicted octanol–water partition coefficient (Wildman–Crippen LogP) is 2.57. The molecule has 2 aliphatic carbocycles. The Labute approximate surface area is 100 Å². The molecule has 4 atom stereocenters. The van der Waals surface area contributed by atoms with Crippen LogP contribution >= 0.6 is 15.9 Å². The van der Waals surface area contributed by atoms with Gasteiger partial charge in [0.2, 0.25) is 5.91 Å². The summed E-state index contributed by atoms with van der Waals surface area (Å²) in [6, 6.07) is 0.290. The minimum atomic E-state index is 0.290. The van der Waals surface area contributed by atoms with Crippen LogP contribution in [0.1, 0.15) is 33.1 Å². The summed E-state index contributed by atoms with van der Waals surface area (Å²) in [5.41, 5.74) is 0. The van der Waals surface area contributed by atoms with E-state index in [0.717, 1.165) is 17.2 Å². The van der Waals surface area contributed by atoms with Gasteiger partial charge in [0, 0.05) is 17.3 Å². The number of hydrogen-bond donors (Lipinski definition) is 1. The molecule has 86 valence electrons. The molecule has 2 aliphatic rings. The maximum Gasteiger partial charge on any atom is 0.223 e. The highest BCUT2D eigenvalue weighted by atomic mass is 79.9. The van der Waals surface area contributed by atoms with Gasteiger partial charge in [-0.25, -0.2) is 0 Å². The van der Waals surface area contributed by atoms with Crippen molar-refractivity contribution in [2.24, 2.45) is 23.7 Å². The molecule has 0 aliphatic heterocycles. The van der Waals surface area contributed by atoms with Crippen molar-refractivity contribution in [1.82, 2.24) is 5.32 Å². The molecule has 0 heterocycles. The van der Waals surface area contributed by atoms with Crippen molar-refractivity contribution in [3.8, 4) is 0 Å². The third-order valence-electron chi connectivity index (χ3n) is 4.18. The number of fused-ring (bicyclic) bond motifs is 1. The number of carbonyl (C=O) groups is 1. The van der Waals surface area contributed by atoms with E-state index < -0.39 is 0 Å². The van der Waals surface area contributed by atoms with Crippen LogP contribution in [-0.2, 0) is 4.79 Å². The summed E-state index contributed by atoms with van der Waals surface area (Å²) in [6.07, 6.45) is 3.91. The maximum atomic E-state index is 11.9. The van der Waals surface area contributed by atoms with Crippen LogP contribution in [0.4, 0.5) is 0 Å². The van der Waals surface area contributed by atoms with Gasteiger partial charge in [-0.2, -0.15) is 0 Å². The van der Waals surface area contributed by atoms with E-state index >= 15 is 0 Å². The Bertz CT molecular complexity index is 246. The zero-order valence-corrected chi connectivity index (χ0v) is 11.1. The first kappa shape index (κ1) is 11.4. The molecule has 0 radical (unpaired) electrons. The molecule has 15 heavy (non-hydrogen) atoms. The molecule has 1 N–H and O–H groups in total. The maximum absolute atomic E-state index is 11.9. The lowest BCUT2D eigenvalue weighted by Crippen LogP contribution is -2.39. The quantitative estimate of drug-likeness (QED) is 0.784. The number of amides is 1. The van der Waals surface area contributed by atoms with Gasteiger partial charge in [-0.3, -0.25) is 4.79 Å². The third-order valence-corrected chi connectivity index (χ3v) is 5.20. The van der Waals surface area contributed by atoms with Gasteiger partial charge in [0.1, 0.15) is 0 Å². The zero-order valence-electron chi connectivity index (χ0n) is 9.50. The van der Waals surface area contributed by atoms with E-state index in [0.29, 0.717) is 23.8 Å². The van der Waals surface area contributed by atoms with Gasteiger partial charge in [-0.15, -0.1) is 0 Å². The van der Waals surface area contributed by atoms with E-state index in [1.807, 2.05) is 0 Å². The van der Waals surface area contributed by atoms with Crippen molar-refractivity contribution in [2.75, 3.05) is 5.33 Å². The van der Waals surface area contributed by atoms with Crippen LogP contribution in [0.5, 0.6) is 0 Å². The van der Waals surface area contributed by atoms with Gasteiger partial charge < -0.3 is 5.32 Å². The number of carbonyl (C=O) groups excluding carboxylic acids is 1. The first-order valence-electron chi connectivity index (χ1n) is 6.01. The van der Waals surface area contributed by atoms with Crippen LogP contribution in [0.25, 0.3) is 0 Å². The summed E-state index contributed by atoms with van der Waals surface area (Å²) in [7, 11) is 0. The summed E-state index contributed by atoms with van der Waals surface area (Å²) < 4.78 is 0. The fourth-order valence-corrected chi connectivity index (χ4v) is 3.37. The molecule has 1 amide bonds. The minimum absolute atomic E-state index is 0.290. The number of halogens is 1. The molecule has 0 aromatic rings. The molecule has 0 aromatic heterocycles. The van der Waals surface area contributed by atoms with Crippen LogP contribution in [-0.4, -0.2) is 17.3 Å². The number of alkyl halides is 1. The lowest BCUT2D eigenvalue weighted by molar-refractivity contribution is -0.123. The largest absolute Gasteiger partial charge is 0.353 e. The van der Waals surface area contributed by atoms with E-state index in [1.54, 1.807) is 0 Å². The summed E-state index contributed by atoms with van der Waals surface area (Å²) in [5.74, 6) is 2.65. The average molecular weight is 274 g/mol. The Morgan fingerprint density at radius 3 is 2.53 bits per heavy atom. The Morgan fingerprint density at radius 1 is 1.40 bits per heavy atom. The summed E-state index contributed by atoms with van der Waals surface area (Å²) >= 11 is 3.46. The van der Waals surface area contributed by atoms with Crippen molar-refractivity contribution in [3.63, 3.8) is 0 Å². The molecule has 2 saturated carbocycles. The molecular formula is C12H20BrNO. The van der Waals surface area contributed by atoms with Crippen molar-refractivity contribution in [2.45, 2.75) is 39.2 Å². The van der Waals surface area contributed by atoms with E-state index in [1.165, 1.54) is 19.3 Å². The Morgan fingerprint density at radius 2 is 2.00 bits per heavy atom. The fourth-order valence-electron chi connectivity index (χ4n) is 2.81. The van der Waals surface area contributed by atoms with Gasteiger partial charge in [0.25, 0.3) is 0 Å². The highest BCUT2D eigenvalue weighted by Gasteiger charge is 2.56. The first-order valence-corrected chi connectivity index (χ1v) is 7.13. The SMILES string of the molecule is CC(CBr)C(C)NC(=O)C1C2CCCC21. The van der Waals surface area contributed by atoms with Crippen LogP contribution in [0.15, 0.2) is 0 Å². The second-order valence-electron chi connectivity index (χ2n) is 5.21. The Balaban J connectivity index is 1.78. The summed E-state index contributed by atoms with van der Waals surface area (Å²) in [5, 5.41) is 4.10. The van der Waals surface area contributed by atoms with Crippen molar-refractivity contribution in [3.05, 3.63) is 0 Å². The smallest absolute Gasteiger partial charge is 0.223 e. The third kappa shape index (κ3) is 2.22. The summed E-state index contributed by atoms with van der Waals surface area (Å²) in [4.78, 5) is 11.9. The standard InChI is InChI=1S/C12H20BrNO/c1-7(6-13)8(2)14-12(15)11-9-4-3-5-10(9)11/h7-11H,3-6H2,1-2H3,(H,14,15). The second-order valence-corrected chi connectivity index (χ2v) is 5.86. The minimum Gasteiger partial charge on any atom is -0.353 e. The van der Waals surface area contributed by atoms with Gasteiger partial charge >= 0.3 is 0 Å². The van der Waals surface area contributed by atoms with E-state index in [9.17, 15) is 4.79 Å². The summed E-state index contributed by atoms with van der Waals surface area (Å²) in [6.45, 7) is 4.26. The first-order chi connectivity index (χ1) is 7.15. The molecule has 2 fully saturated rings. The number of hydrogen-bond acceptors (Lipinski definition) is 1. The van der Waals surface area contributed by atoms with Crippen LogP contribution in [0, 0.1) is 23.7 Å². The topological polar surface area (TPSA) is 29.1 Å². The second kappa shape index (κ2) is 4.44. The fraction of sp³-hybridized carbons (Fsp3) is 0.917. The lowest BCUT2D eigenvalue weighted by Gasteiger charge is -2.19. The molecule has 2 nitrogen and oxygen atoms in total. The number of nitrogens with one attached hydrogen (secondary N) is 1. The van der Waals surface area contributed by atoms with Crippen LogP contribution in [0.3, 0.4) is 0 Å². The van der Waals surface area contributed by atoms with Crippen LogP contribution in [0.2, 0.25) is 0 Å². The highest BCUT2D eigenvalue weighted by Crippen LogP contribution is 2.57. The Hall–Kier alpha value is -0.0500. The zero-order chi connectivity index (χ0) is 11.0. The van der Waals surface area contributed by atoms with Gasteiger partial charge in [0.15, 0.2) is 0 Å².